The first-order chi connectivity index (χ1) is 16.4. The highest BCUT2D eigenvalue weighted by Gasteiger charge is 2.36. The van der Waals surface area contributed by atoms with Crippen LogP contribution < -0.4 is 10.2 Å². The number of imidazole rings is 1. The topological polar surface area (TPSA) is 80.1 Å². The largest absolute Gasteiger partial charge is 0.333 e. The summed E-state index contributed by atoms with van der Waals surface area (Å²) in [5, 5.41) is 3.19. The van der Waals surface area contributed by atoms with Crippen LogP contribution in [0.4, 0.5) is 19.6 Å². The first kappa shape index (κ1) is 21.9. The van der Waals surface area contributed by atoms with E-state index >= 15 is 0 Å². The average molecular weight is 480 g/mol. The molecule has 10 heteroatoms. The molecule has 172 valence electrons. The van der Waals surface area contributed by atoms with Gasteiger partial charge in [-0.05, 0) is 12.1 Å². The van der Waals surface area contributed by atoms with Gasteiger partial charge in [0.1, 0.15) is 11.6 Å². The van der Waals surface area contributed by atoms with Crippen molar-refractivity contribution in [2.24, 2.45) is 13.0 Å². The number of nitrogens with one attached hydrogen (secondary N) is 1. The van der Waals surface area contributed by atoms with Gasteiger partial charge in [-0.1, -0.05) is 41.7 Å². The molecular weight excluding hydrogens is 460 g/mol. The molecule has 0 bridgehead atoms. The number of hydrogen-bond donors (Lipinski definition) is 1. The highest BCUT2D eigenvalue weighted by molar-refractivity contribution is 7.19. The number of carbonyl (C=O) groups excluding carboxylic acids is 2. The number of thiazole rings is 1. The molecule has 4 aromatic rings. The van der Waals surface area contributed by atoms with E-state index in [-0.39, 0.29) is 30.5 Å². The number of nitrogens with zero attached hydrogens (tertiary/aromatic N) is 4. The third kappa shape index (κ3) is 4.19. The van der Waals surface area contributed by atoms with E-state index in [1.807, 2.05) is 48.1 Å². The fraction of sp³-hybridized carbons (Fsp3) is 0.167. The first-order valence-corrected chi connectivity index (χ1v) is 11.3. The standard InChI is InChI=1S/C24H19F2N5O2S/c1-30-8-7-27-22(30)21-20(14-5-3-2-4-6-14)28-24(34-21)29-23(33)15-9-19(32)31(13-15)18-11-16(25)10-17(26)12-18/h2-8,10-12,15H,9,13H2,1H3,(H,28,29,33). The van der Waals surface area contributed by atoms with Gasteiger partial charge < -0.3 is 14.8 Å². The van der Waals surface area contributed by atoms with Crippen LogP contribution in [0.25, 0.3) is 22.0 Å². The summed E-state index contributed by atoms with van der Waals surface area (Å²) in [6.07, 6.45) is 3.46. The van der Waals surface area contributed by atoms with Crippen LogP contribution in [0.2, 0.25) is 0 Å². The van der Waals surface area contributed by atoms with Crippen molar-refractivity contribution >= 4 is 34.0 Å². The lowest BCUT2D eigenvalue weighted by Gasteiger charge is -2.16. The van der Waals surface area contributed by atoms with E-state index in [9.17, 15) is 18.4 Å². The van der Waals surface area contributed by atoms with Crippen LogP contribution in [0.15, 0.2) is 60.9 Å². The molecule has 1 atom stereocenters. The van der Waals surface area contributed by atoms with Crippen LogP contribution in [-0.2, 0) is 16.6 Å². The SMILES string of the molecule is Cn1ccnc1-c1sc(NC(=O)C2CC(=O)N(c3cc(F)cc(F)c3)C2)nc1-c1ccccc1. The summed E-state index contributed by atoms with van der Waals surface area (Å²) in [7, 11) is 1.88. The Balaban J connectivity index is 1.39. The lowest BCUT2D eigenvalue weighted by Crippen LogP contribution is -2.28. The third-order valence-electron chi connectivity index (χ3n) is 5.58. The summed E-state index contributed by atoms with van der Waals surface area (Å²) >= 11 is 1.29. The Morgan fingerprint density at radius 2 is 1.88 bits per heavy atom. The van der Waals surface area contributed by atoms with E-state index in [1.54, 1.807) is 6.20 Å². The van der Waals surface area contributed by atoms with E-state index in [0.717, 1.165) is 28.6 Å². The Morgan fingerprint density at radius 3 is 2.56 bits per heavy atom. The molecule has 1 fully saturated rings. The molecule has 2 aromatic carbocycles. The van der Waals surface area contributed by atoms with Crippen LogP contribution in [0.5, 0.6) is 0 Å². The molecule has 0 spiro atoms. The molecule has 1 saturated heterocycles. The summed E-state index contributed by atoms with van der Waals surface area (Å²) in [4.78, 5) is 36.6. The molecular formula is C24H19F2N5O2S. The van der Waals surface area contributed by atoms with Crippen LogP contribution in [0.1, 0.15) is 6.42 Å². The van der Waals surface area contributed by atoms with Crippen LogP contribution in [0.3, 0.4) is 0 Å². The zero-order valence-electron chi connectivity index (χ0n) is 18.0. The Morgan fingerprint density at radius 1 is 1.15 bits per heavy atom. The molecule has 1 aliphatic heterocycles. The van der Waals surface area contributed by atoms with Crippen molar-refractivity contribution in [1.82, 2.24) is 14.5 Å². The molecule has 7 nitrogen and oxygen atoms in total. The number of anilines is 2. The summed E-state index contributed by atoms with van der Waals surface area (Å²) in [5.41, 5.74) is 1.66. The number of amides is 2. The molecule has 0 saturated carbocycles. The summed E-state index contributed by atoms with van der Waals surface area (Å²) in [6, 6.07) is 12.5. The maximum absolute atomic E-state index is 13.6. The highest BCUT2D eigenvalue weighted by Crippen LogP contribution is 2.38. The lowest BCUT2D eigenvalue weighted by atomic mass is 10.1. The van der Waals surface area contributed by atoms with E-state index in [2.05, 4.69) is 15.3 Å². The zero-order chi connectivity index (χ0) is 23.8. The fourth-order valence-electron chi connectivity index (χ4n) is 3.94. The van der Waals surface area contributed by atoms with Gasteiger partial charge in [-0.2, -0.15) is 0 Å². The molecule has 2 aromatic heterocycles. The Kier molecular flexibility index (Phi) is 5.66. The van der Waals surface area contributed by atoms with Crippen molar-refractivity contribution in [2.75, 3.05) is 16.8 Å². The van der Waals surface area contributed by atoms with Crippen molar-refractivity contribution < 1.29 is 18.4 Å². The quantitative estimate of drug-likeness (QED) is 0.458. The van der Waals surface area contributed by atoms with Gasteiger partial charge in [-0.25, -0.2) is 18.7 Å². The van der Waals surface area contributed by atoms with E-state index in [4.69, 9.17) is 0 Å². The smallest absolute Gasteiger partial charge is 0.231 e. The maximum atomic E-state index is 13.6. The monoisotopic (exact) mass is 479 g/mol. The molecule has 1 aliphatic rings. The van der Waals surface area contributed by atoms with Crippen LogP contribution in [-0.4, -0.2) is 32.9 Å². The molecule has 5 rings (SSSR count). The van der Waals surface area contributed by atoms with Crippen molar-refractivity contribution in [3.05, 3.63) is 72.6 Å². The van der Waals surface area contributed by atoms with Gasteiger partial charge >= 0.3 is 0 Å². The van der Waals surface area contributed by atoms with Gasteiger partial charge in [-0.3, -0.25) is 9.59 Å². The number of carbonyl (C=O) groups is 2. The lowest BCUT2D eigenvalue weighted by molar-refractivity contribution is -0.122. The molecule has 1 N–H and O–H groups in total. The van der Waals surface area contributed by atoms with Gasteiger partial charge in [0.2, 0.25) is 11.8 Å². The number of hydrogen-bond acceptors (Lipinski definition) is 5. The summed E-state index contributed by atoms with van der Waals surface area (Å²) < 4.78 is 29.1. The molecule has 0 radical (unpaired) electrons. The van der Waals surface area contributed by atoms with Crippen LogP contribution >= 0.6 is 11.3 Å². The van der Waals surface area contributed by atoms with Gasteiger partial charge in [0, 0.05) is 49.7 Å². The van der Waals surface area contributed by atoms with Crippen molar-refractivity contribution in [2.45, 2.75) is 6.42 Å². The molecule has 34 heavy (non-hydrogen) atoms. The minimum atomic E-state index is -0.784. The van der Waals surface area contributed by atoms with Gasteiger partial charge in [0.15, 0.2) is 11.0 Å². The van der Waals surface area contributed by atoms with Crippen molar-refractivity contribution in [3.63, 3.8) is 0 Å². The van der Waals surface area contributed by atoms with E-state index < -0.39 is 17.6 Å². The molecule has 2 amide bonds. The Bertz CT molecular complexity index is 1370. The molecule has 1 unspecified atom stereocenters. The third-order valence-corrected chi connectivity index (χ3v) is 6.55. The summed E-state index contributed by atoms with van der Waals surface area (Å²) in [5.74, 6) is -2.29. The Hall–Kier alpha value is -3.92. The minimum Gasteiger partial charge on any atom is -0.333 e. The second-order valence-corrected chi connectivity index (χ2v) is 8.95. The van der Waals surface area contributed by atoms with Crippen LogP contribution in [0, 0.1) is 17.6 Å². The fourth-order valence-corrected chi connectivity index (χ4v) is 4.97. The molecule has 0 aliphatic carbocycles. The van der Waals surface area contributed by atoms with Gasteiger partial charge in [0.05, 0.1) is 16.5 Å². The van der Waals surface area contributed by atoms with Gasteiger partial charge in [-0.15, -0.1) is 0 Å². The maximum Gasteiger partial charge on any atom is 0.231 e. The predicted molar refractivity (Wildman–Crippen MR) is 125 cm³/mol. The number of aryl methyl sites for hydroxylation is 1. The second-order valence-electron chi connectivity index (χ2n) is 7.95. The van der Waals surface area contributed by atoms with Gasteiger partial charge in [0.25, 0.3) is 0 Å². The number of halogens is 2. The number of benzene rings is 2. The number of rotatable bonds is 5. The normalized spacial score (nSPS) is 15.7. The van der Waals surface area contributed by atoms with Crippen molar-refractivity contribution in [1.29, 1.82) is 0 Å². The predicted octanol–water partition coefficient (Wildman–Crippen LogP) is 4.48. The van der Waals surface area contributed by atoms with E-state index in [1.165, 1.54) is 16.2 Å². The summed E-state index contributed by atoms with van der Waals surface area (Å²) in [6.45, 7) is 0.0245. The first-order valence-electron chi connectivity index (χ1n) is 10.5. The average Bonchev–Trinajstić information content (AvgIpc) is 3.52. The highest BCUT2D eigenvalue weighted by atomic mass is 32.1. The zero-order valence-corrected chi connectivity index (χ0v) is 18.9. The van der Waals surface area contributed by atoms with Crippen molar-refractivity contribution in [3.8, 4) is 22.0 Å². The second kappa shape index (κ2) is 8.79. The minimum absolute atomic E-state index is 0.0245. The number of aromatic nitrogens is 3. The van der Waals surface area contributed by atoms with E-state index in [0.29, 0.717) is 16.6 Å². The Labute approximate surface area is 197 Å². The molecule has 3 heterocycles.